The van der Waals surface area contributed by atoms with E-state index in [1.54, 1.807) is 12.0 Å². The molecule has 1 amide bonds. The Morgan fingerprint density at radius 1 is 1.44 bits per heavy atom. The van der Waals surface area contributed by atoms with E-state index in [9.17, 15) is 14.3 Å². The average Bonchev–Trinajstić information content (AvgIpc) is 2.38. The minimum atomic E-state index is -0.554. The Morgan fingerprint density at radius 3 is 2.67 bits per heavy atom. The highest BCUT2D eigenvalue weighted by molar-refractivity contribution is 5.96. The molecular formula is C13H16FNO3. The van der Waals surface area contributed by atoms with Gasteiger partial charge in [-0.05, 0) is 25.0 Å². The minimum Gasteiger partial charge on any atom is -0.507 e. The highest BCUT2D eigenvalue weighted by Crippen LogP contribution is 2.22. The van der Waals surface area contributed by atoms with Crippen LogP contribution in [0.3, 0.4) is 0 Å². The zero-order valence-corrected chi connectivity index (χ0v) is 10.2. The second-order valence-electron chi connectivity index (χ2n) is 4.39. The van der Waals surface area contributed by atoms with Crippen molar-refractivity contribution in [3.8, 4) is 5.75 Å². The molecule has 1 heterocycles. The molecule has 98 valence electrons. The van der Waals surface area contributed by atoms with Gasteiger partial charge in [0.05, 0.1) is 11.7 Å². The van der Waals surface area contributed by atoms with E-state index in [0.717, 1.165) is 18.9 Å². The van der Waals surface area contributed by atoms with Crippen LogP contribution in [0.4, 0.5) is 4.39 Å². The number of phenols is 1. The summed E-state index contributed by atoms with van der Waals surface area (Å²) >= 11 is 0. The van der Waals surface area contributed by atoms with Gasteiger partial charge in [0.2, 0.25) is 0 Å². The summed E-state index contributed by atoms with van der Waals surface area (Å²) in [6.45, 7) is 1.18. The van der Waals surface area contributed by atoms with E-state index < -0.39 is 5.82 Å². The Bertz CT molecular complexity index is 442. The molecule has 5 heteroatoms. The zero-order chi connectivity index (χ0) is 13.1. The largest absolute Gasteiger partial charge is 0.507 e. The number of hydrogen-bond acceptors (Lipinski definition) is 3. The summed E-state index contributed by atoms with van der Waals surface area (Å²) < 4.78 is 18.1. The monoisotopic (exact) mass is 253 g/mol. The van der Waals surface area contributed by atoms with Crippen LogP contribution in [0.15, 0.2) is 18.2 Å². The average molecular weight is 253 g/mol. The number of methoxy groups -OCH3 is 1. The topological polar surface area (TPSA) is 49.8 Å². The van der Waals surface area contributed by atoms with Crippen molar-refractivity contribution in [2.24, 2.45) is 0 Å². The van der Waals surface area contributed by atoms with E-state index in [1.165, 1.54) is 12.1 Å². The third-order valence-electron chi connectivity index (χ3n) is 3.25. The molecule has 4 nitrogen and oxygen atoms in total. The first-order valence-electron chi connectivity index (χ1n) is 5.92. The molecule has 1 N–H and O–H groups in total. The second-order valence-corrected chi connectivity index (χ2v) is 4.39. The SMILES string of the molecule is COC1CCN(C(=O)c2ccc(F)cc2O)CC1. The van der Waals surface area contributed by atoms with Crippen LogP contribution in [0.5, 0.6) is 5.75 Å². The highest BCUT2D eigenvalue weighted by atomic mass is 19.1. The third kappa shape index (κ3) is 2.61. The number of nitrogens with zero attached hydrogens (tertiary/aromatic N) is 1. The molecule has 0 bridgehead atoms. The molecule has 0 spiro atoms. The van der Waals surface area contributed by atoms with Crippen LogP contribution in [0, 0.1) is 5.82 Å². The maximum atomic E-state index is 12.8. The lowest BCUT2D eigenvalue weighted by molar-refractivity contribution is 0.0349. The summed E-state index contributed by atoms with van der Waals surface area (Å²) in [6, 6.07) is 3.44. The first-order valence-corrected chi connectivity index (χ1v) is 5.92. The third-order valence-corrected chi connectivity index (χ3v) is 3.25. The van der Waals surface area contributed by atoms with E-state index >= 15 is 0 Å². The fourth-order valence-corrected chi connectivity index (χ4v) is 2.15. The molecule has 0 atom stereocenters. The van der Waals surface area contributed by atoms with Gasteiger partial charge >= 0.3 is 0 Å². The molecule has 0 aliphatic carbocycles. The number of amides is 1. The Morgan fingerprint density at radius 2 is 2.11 bits per heavy atom. The van der Waals surface area contributed by atoms with Gasteiger partial charge in [0.25, 0.3) is 5.91 Å². The lowest BCUT2D eigenvalue weighted by Crippen LogP contribution is -2.40. The summed E-state index contributed by atoms with van der Waals surface area (Å²) in [5.74, 6) is -1.13. The predicted octanol–water partition coefficient (Wildman–Crippen LogP) is 1.78. The van der Waals surface area contributed by atoms with Crippen LogP contribution in [0.25, 0.3) is 0 Å². The fraction of sp³-hybridized carbons (Fsp3) is 0.462. The molecule has 18 heavy (non-hydrogen) atoms. The maximum Gasteiger partial charge on any atom is 0.257 e. The van der Waals surface area contributed by atoms with Crippen molar-refractivity contribution in [1.29, 1.82) is 0 Å². The van der Waals surface area contributed by atoms with Crippen LogP contribution in [-0.4, -0.2) is 42.2 Å². The van der Waals surface area contributed by atoms with Gasteiger partial charge in [0.1, 0.15) is 11.6 Å². The number of likely N-dealkylation sites (tertiary alicyclic amines) is 1. The number of ether oxygens (including phenoxy) is 1. The summed E-state index contributed by atoms with van der Waals surface area (Å²) in [4.78, 5) is 13.8. The van der Waals surface area contributed by atoms with Gasteiger partial charge in [-0.3, -0.25) is 4.79 Å². The van der Waals surface area contributed by atoms with E-state index in [4.69, 9.17) is 4.74 Å². The van der Waals surface area contributed by atoms with Crippen LogP contribution < -0.4 is 0 Å². The van der Waals surface area contributed by atoms with Crippen LogP contribution in [-0.2, 0) is 4.74 Å². The standard InChI is InChI=1S/C13H16FNO3/c1-18-10-4-6-15(7-5-10)13(17)11-3-2-9(14)8-12(11)16/h2-3,8,10,16H,4-7H2,1H3. The van der Waals surface area contributed by atoms with Crippen molar-refractivity contribution >= 4 is 5.91 Å². The van der Waals surface area contributed by atoms with Crippen molar-refractivity contribution < 1.29 is 19.0 Å². The number of carbonyl (C=O) groups is 1. The molecule has 1 saturated heterocycles. The molecule has 2 rings (SSSR count). The first kappa shape index (κ1) is 12.8. The molecule has 1 aromatic carbocycles. The van der Waals surface area contributed by atoms with E-state index in [1.807, 2.05) is 0 Å². The van der Waals surface area contributed by atoms with Crippen molar-refractivity contribution in [3.05, 3.63) is 29.6 Å². The number of halogens is 1. The van der Waals surface area contributed by atoms with Crippen LogP contribution >= 0.6 is 0 Å². The normalized spacial score (nSPS) is 16.9. The van der Waals surface area contributed by atoms with Gasteiger partial charge in [-0.1, -0.05) is 0 Å². The lowest BCUT2D eigenvalue weighted by atomic mass is 10.1. The molecule has 1 aromatic rings. The van der Waals surface area contributed by atoms with Crippen molar-refractivity contribution in [1.82, 2.24) is 4.90 Å². The van der Waals surface area contributed by atoms with Crippen LogP contribution in [0.1, 0.15) is 23.2 Å². The smallest absolute Gasteiger partial charge is 0.257 e. The van der Waals surface area contributed by atoms with Crippen molar-refractivity contribution in [2.75, 3.05) is 20.2 Å². The molecule has 1 fully saturated rings. The Kier molecular flexibility index (Phi) is 3.81. The molecule has 1 aliphatic heterocycles. The molecule has 0 saturated carbocycles. The van der Waals surface area contributed by atoms with Gasteiger partial charge < -0.3 is 14.7 Å². The minimum absolute atomic E-state index is 0.146. The highest BCUT2D eigenvalue weighted by Gasteiger charge is 2.24. The number of rotatable bonds is 2. The molecule has 0 radical (unpaired) electrons. The fourth-order valence-electron chi connectivity index (χ4n) is 2.15. The van der Waals surface area contributed by atoms with E-state index in [2.05, 4.69) is 0 Å². The van der Waals surface area contributed by atoms with Gasteiger partial charge in [-0.25, -0.2) is 4.39 Å². The molecule has 0 aromatic heterocycles. The Hall–Kier alpha value is -1.62. The number of benzene rings is 1. The summed E-state index contributed by atoms with van der Waals surface area (Å²) in [5, 5.41) is 9.58. The van der Waals surface area contributed by atoms with E-state index in [0.29, 0.717) is 13.1 Å². The predicted molar refractivity (Wildman–Crippen MR) is 64.0 cm³/mol. The van der Waals surface area contributed by atoms with Crippen molar-refractivity contribution in [3.63, 3.8) is 0 Å². The Labute approximate surface area is 105 Å². The molecule has 1 aliphatic rings. The number of piperidine rings is 1. The molecular weight excluding hydrogens is 237 g/mol. The summed E-state index contributed by atoms with van der Waals surface area (Å²) in [7, 11) is 1.66. The van der Waals surface area contributed by atoms with E-state index in [-0.39, 0.29) is 23.3 Å². The van der Waals surface area contributed by atoms with Gasteiger partial charge in [0, 0.05) is 26.3 Å². The number of carbonyl (C=O) groups excluding carboxylic acids is 1. The zero-order valence-electron chi connectivity index (χ0n) is 10.2. The summed E-state index contributed by atoms with van der Waals surface area (Å²) in [6.07, 6.45) is 1.75. The van der Waals surface area contributed by atoms with Gasteiger partial charge in [-0.2, -0.15) is 0 Å². The molecule has 0 unspecified atom stereocenters. The first-order chi connectivity index (χ1) is 8.61. The van der Waals surface area contributed by atoms with Crippen LogP contribution in [0.2, 0.25) is 0 Å². The maximum absolute atomic E-state index is 12.8. The number of hydrogen-bond donors (Lipinski definition) is 1. The Balaban J connectivity index is 2.08. The number of phenolic OH excluding ortho intramolecular Hbond substituents is 1. The van der Waals surface area contributed by atoms with Gasteiger partial charge in [-0.15, -0.1) is 0 Å². The lowest BCUT2D eigenvalue weighted by Gasteiger charge is -2.31. The van der Waals surface area contributed by atoms with Crippen molar-refractivity contribution in [2.45, 2.75) is 18.9 Å². The summed E-state index contributed by atoms with van der Waals surface area (Å²) in [5.41, 5.74) is 0.146. The number of aromatic hydroxyl groups is 1. The van der Waals surface area contributed by atoms with Gasteiger partial charge in [0.15, 0.2) is 0 Å². The second kappa shape index (κ2) is 5.35. The quantitative estimate of drug-likeness (QED) is 0.874.